The number of carboxylic acids is 1. The largest absolute Gasteiger partial charge is 0.481 e. The number of carboxylic acid groups (broad SMARTS) is 1. The summed E-state index contributed by atoms with van der Waals surface area (Å²) in [5.74, 6) is 1.39. The van der Waals surface area contributed by atoms with Gasteiger partial charge in [-0.05, 0) is 73.7 Å². The second-order valence-corrected chi connectivity index (χ2v) is 8.96. The maximum Gasteiger partial charge on any atom is 0.303 e. The molecule has 4 rings (SSSR count). The first kappa shape index (κ1) is 16.2. The van der Waals surface area contributed by atoms with Crippen molar-refractivity contribution in [1.29, 1.82) is 0 Å². The minimum Gasteiger partial charge on any atom is -0.481 e. The molecule has 0 saturated heterocycles. The van der Waals surface area contributed by atoms with E-state index in [-0.39, 0.29) is 5.41 Å². The minimum atomic E-state index is -0.638. The molecule has 4 aliphatic carbocycles. The Morgan fingerprint density at radius 2 is 2.12 bits per heavy atom. The van der Waals surface area contributed by atoms with Crippen LogP contribution in [0.1, 0.15) is 65.2 Å². The Balaban J connectivity index is 1.63. The van der Waals surface area contributed by atoms with Crippen LogP contribution in [0.25, 0.3) is 0 Å². The first-order valence-electron chi connectivity index (χ1n) is 9.74. The molecule has 0 heterocycles. The molecule has 4 aliphatic rings. The van der Waals surface area contributed by atoms with Gasteiger partial charge in [0.25, 0.3) is 0 Å². The van der Waals surface area contributed by atoms with E-state index >= 15 is 0 Å². The summed E-state index contributed by atoms with van der Waals surface area (Å²) in [5.41, 5.74) is 3.83. The summed E-state index contributed by atoms with van der Waals surface area (Å²) in [6.45, 7) is 4.91. The molecule has 2 heteroatoms. The highest BCUT2D eigenvalue weighted by atomic mass is 16.4. The first-order chi connectivity index (χ1) is 11.4. The molecule has 0 amide bonds. The van der Waals surface area contributed by atoms with E-state index in [1.165, 1.54) is 32.1 Å². The van der Waals surface area contributed by atoms with Crippen LogP contribution in [0.4, 0.5) is 0 Å². The fourth-order valence-corrected chi connectivity index (χ4v) is 6.49. The van der Waals surface area contributed by atoms with Crippen molar-refractivity contribution in [3.8, 4) is 0 Å². The van der Waals surface area contributed by atoms with Gasteiger partial charge >= 0.3 is 5.97 Å². The van der Waals surface area contributed by atoms with Crippen LogP contribution in [0.15, 0.2) is 35.5 Å². The van der Waals surface area contributed by atoms with E-state index in [9.17, 15) is 4.79 Å². The van der Waals surface area contributed by atoms with E-state index in [2.05, 4.69) is 38.2 Å². The van der Waals surface area contributed by atoms with Crippen molar-refractivity contribution in [3.63, 3.8) is 0 Å². The number of fused-ring (bicyclic) bond motifs is 5. The molecule has 5 atom stereocenters. The fraction of sp³-hybridized carbons (Fsp3) is 0.682. The molecule has 0 unspecified atom stereocenters. The number of allylic oxidation sites excluding steroid dienone is 6. The van der Waals surface area contributed by atoms with E-state index in [1.54, 1.807) is 11.1 Å². The van der Waals surface area contributed by atoms with Gasteiger partial charge in [-0.3, -0.25) is 4.79 Å². The summed E-state index contributed by atoms with van der Waals surface area (Å²) in [6, 6.07) is 0. The molecule has 0 aromatic heterocycles. The van der Waals surface area contributed by atoms with Gasteiger partial charge in [-0.25, -0.2) is 0 Å². The highest BCUT2D eigenvalue weighted by Crippen LogP contribution is 2.64. The van der Waals surface area contributed by atoms with Gasteiger partial charge in [0, 0.05) is 11.8 Å². The molecule has 0 bridgehead atoms. The molecule has 0 aliphatic heterocycles. The third-order valence-electron chi connectivity index (χ3n) is 7.93. The smallest absolute Gasteiger partial charge is 0.303 e. The van der Waals surface area contributed by atoms with Crippen molar-refractivity contribution in [3.05, 3.63) is 35.5 Å². The topological polar surface area (TPSA) is 37.3 Å². The Hall–Kier alpha value is -1.31. The predicted molar refractivity (Wildman–Crippen MR) is 96.6 cm³/mol. The van der Waals surface area contributed by atoms with Gasteiger partial charge in [0.2, 0.25) is 0 Å². The maximum atomic E-state index is 11.0. The maximum absolute atomic E-state index is 11.0. The monoisotopic (exact) mass is 326 g/mol. The summed E-state index contributed by atoms with van der Waals surface area (Å²) in [7, 11) is 0. The zero-order valence-corrected chi connectivity index (χ0v) is 15.1. The van der Waals surface area contributed by atoms with Crippen LogP contribution in [0.3, 0.4) is 0 Å². The summed E-state index contributed by atoms with van der Waals surface area (Å²) in [5, 5.41) is 9.08. The molecule has 1 fully saturated rings. The average Bonchev–Trinajstić information content (AvgIpc) is 2.89. The third kappa shape index (κ3) is 2.25. The molecule has 0 aromatic rings. The Bertz CT molecular complexity index is 640. The quantitative estimate of drug-likeness (QED) is 0.694. The normalized spacial score (nSPS) is 43.3. The molecule has 24 heavy (non-hydrogen) atoms. The number of aliphatic carboxylic acids is 1. The van der Waals surface area contributed by atoms with Gasteiger partial charge in [0.1, 0.15) is 0 Å². The number of carbonyl (C=O) groups is 1. The standard InChI is InChI=1S/C22H30O2/c1-21-13-4-3-5-15(21)6-9-17-18-10-7-16(8-11-20(23)24)22(18,2)14-12-19(17)21/h3,5-6,12,16-18H,4,7-11,13-14H2,1-2H3,(H,23,24)/t16-,17+,18+,21+,22-/m1/s1. The van der Waals surface area contributed by atoms with Crippen LogP contribution >= 0.6 is 0 Å². The van der Waals surface area contributed by atoms with Crippen molar-refractivity contribution < 1.29 is 9.90 Å². The van der Waals surface area contributed by atoms with Gasteiger partial charge in [0.05, 0.1) is 0 Å². The Morgan fingerprint density at radius 3 is 2.92 bits per heavy atom. The number of hydrogen-bond donors (Lipinski definition) is 1. The van der Waals surface area contributed by atoms with E-state index in [1.807, 2.05) is 0 Å². The molecule has 2 nitrogen and oxygen atoms in total. The lowest BCUT2D eigenvalue weighted by atomic mass is 9.52. The summed E-state index contributed by atoms with van der Waals surface area (Å²) in [4.78, 5) is 11.0. The van der Waals surface area contributed by atoms with Crippen LogP contribution in [0.2, 0.25) is 0 Å². The number of hydrogen-bond acceptors (Lipinski definition) is 1. The first-order valence-corrected chi connectivity index (χ1v) is 9.74. The van der Waals surface area contributed by atoms with Crippen LogP contribution < -0.4 is 0 Å². The molecule has 0 spiro atoms. The van der Waals surface area contributed by atoms with Crippen molar-refractivity contribution in [2.75, 3.05) is 0 Å². The fourth-order valence-electron chi connectivity index (χ4n) is 6.49. The number of rotatable bonds is 3. The molecule has 1 saturated carbocycles. The van der Waals surface area contributed by atoms with Crippen molar-refractivity contribution >= 4 is 5.97 Å². The van der Waals surface area contributed by atoms with Crippen molar-refractivity contribution in [2.45, 2.75) is 65.2 Å². The highest BCUT2D eigenvalue weighted by Gasteiger charge is 2.54. The Kier molecular flexibility index (Phi) is 3.78. The Morgan fingerprint density at radius 1 is 1.29 bits per heavy atom. The summed E-state index contributed by atoms with van der Waals surface area (Å²) >= 11 is 0. The summed E-state index contributed by atoms with van der Waals surface area (Å²) in [6.07, 6.45) is 18.3. The zero-order chi connectivity index (χ0) is 16.9. The van der Waals surface area contributed by atoms with Gasteiger partial charge in [-0.1, -0.05) is 43.7 Å². The van der Waals surface area contributed by atoms with Crippen LogP contribution in [0.5, 0.6) is 0 Å². The molecule has 0 aromatic carbocycles. The Labute approximate surface area is 145 Å². The molecular formula is C22H30O2. The average molecular weight is 326 g/mol. The van der Waals surface area contributed by atoms with Crippen LogP contribution in [-0.4, -0.2) is 11.1 Å². The van der Waals surface area contributed by atoms with E-state index in [4.69, 9.17) is 5.11 Å². The van der Waals surface area contributed by atoms with Gasteiger partial charge in [-0.15, -0.1) is 0 Å². The SMILES string of the molecule is C[C@]12CCC=CC1=CC[C@@H]1C2=CC[C@]2(C)[C@@H](CCC(=O)O)CC[C@@H]12. The van der Waals surface area contributed by atoms with E-state index in [0.717, 1.165) is 18.8 Å². The second-order valence-electron chi connectivity index (χ2n) is 8.96. The third-order valence-corrected chi connectivity index (χ3v) is 7.93. The van der Waals surface area contributed by atoms with E-state index < -0.39 is 5.97 Å². The van der Waals surface area contributed by atoms with Crippen molar-refractivity contribution in [1.82, 2.24) is 0 Å². The molecule has 1 N–H and O–H groups in total. The van der Waals surface area contributed by atoms with Crippen molar-refractivity contribution in [2.24, 2.45) is 28.6 Å². The molecule has 0 radical (unpaired) electrons. The van der Waals surface area contributed by atoms with Gasteiger partial charge in [0.15, 0.2) is 0 Å². The van der Waals surface area contributed by atoms with Crippen LogP contribution in [-0.2, 0) is 4.79 Å². The lowest BCUT2D eigenvalue weighted by Gasteiger charge is -2.52. The predicted octanol–water partition coefficient (Wildman–Crippen LogP) is 5.52. The van der Waals surface area contributed by atoms with E-state index in [0.29, 0.717) is 23.7 Å². The second kappa shape index (κ2) is 5.61. The zero-order valence-electron chi connectivity index (χ0n) is 15.1. The highest BCUT2D eigenvalue weighted by molar-refractivity contribution is 5.66. The van der Waals surface area contributed by atoms with Gasteiger partial charge in [-0.2, -0.15) is 0 Å². The summed E-state index contributed by atoms with van der Waals surface area (Å²) < 4.78 is 0. The van der Waals surface area contributed by atoms with Crippen LogP contribution in [0, 0.1) is 28.6 Å². The molecular weight excluding hydrogens is 296 g/mol. The minimum absolute atomic E-state index is 0.262. The molecule has 130 valence electrons. The van der Waals surface area contributed by atoms with Gasteiger partial charge < -0.3 is 5.11 Å². The lowest BCUT2D eigenvalue weighted by molar-refractivity contribution is -0.137. The lowest BCUT2D eigenvalue weighted by Crippen LogP contribution is -2.42.